The van der Waals surface area contributed by atoms with Crippen LogP contribution in [0.5, 0.6) is 0 Å². The second-order valence-electron chi connectivity index (χ2n) is 3.82. The summed E-state index contributed by atoms with van der Waals surface area (Å²) in [6.07, 6.45) is 2.37. The van der Waals surface area contributed by atoms with E-state index in [0.29, 0.717) is 6.42 Å². The lowest BCUT2D eigenvalue weighted by molar-refractivity contribution is -0.137. The van der Waals surface area contributed by atoms with E-state index < -0.39 is 5.97 Å². The summed E-state index contributed by atoms with van der Waals surface area (Å²) in [7, 11) is 0. The van der Waals surface area contributed by atoms with Gasteiger partial charge in [0, 0.05) is 5.41 Å². The van der Waals surface area contributed by atoms with Crippen LogP contribution in [0.3, 0.4) is 0 Å². The van der Waals surface area contributed by atoms with Crippen molar-refractivity contribution in [3.63, 3.8) is 0 Å². The predicted molar refractivity (Wildman–Crippen MR) is 52.2 cm³/mol. The molecule has 0 saturated heterocycles. The summed E-state index contributed by atoms with van der Waals surface area (Å²) in [5.41, 5.74) is 2.51. The average molecular weight is 196 g/mol. The fraction of sp³-hybridized carbons (Fsp3) is 0.500. The molecule has 1 saturated carbocycles. The van der Waals surface area contributed by atoms with Crippen LogP contribution in [0.15, 0.2) is 10.8 Å². The molecule has 1 heterocycles. The quantitative estimate of drug-likeness (QED) is 0.806. The Balaban J connectivity index is 2.25. The number of thiophene rings is 1. The molecular weight excluding hydrogens is 184 g/mol. The summed E-state index contributed by atoms with van der Waals surface area (Å²) in [5, 5.41) is 13.0. The largest absolute Gasteiger partial charge is 0.481 e. The lowest BCUT2D eigenvalue weighted by atomic mass is 9.92. The number of aliphatic carboxylic acids is 1. The Kier molecular flexibility index (Phi) is 1.91. The monoisotopic (exact) mass is 196 g/mol. The molecule has 1 aliphatic carbocycles. The molecule has 1 N–H and O–H groups in total. The predicted octanol–water partition coefficient (Wildman–Crippen LogP) is 2.56. The lowest BCUT2D eigenvalue weighted by Crippen LogP contribution is -2.12. The zero-order valence-electron chi connectivity index (χ0n) is 7.54. The number of carboxylic acids is 1. The minimum atomic E-state index is -0.678. The molecule has 1 aromatic heterocycles. The van der Waals surface area contributed by atoms with Crippen LogP contribution in [0.4, 0.5) is 0 Å². The van der Waals surface area contributed by atoms with Crippen molar-refractivity contribution in [3.8, 4) is 0 Å². The Morgan fingerprint density at radius 3 is 2.69 bits per heavy atom. The van der Waals surface area contributed by atoms with Gasteiger partial charge in [-0.25, -0.2) is 0 Å². The zero-order chi connectivity index (χ0) is 9.47. The van der Waals surface area contributed by atoms with Crippen molar-refractivity contribution in [3.05, 3.63) is 21.9 Å². The highest BCUT2D eigenvalue weighted by atomic mass is 32.1. The van der Waals surface area contributed by atoms with Crippen LogP contribution < -0.4 is 0 Å². The first-order chi connectivity index (χ1) is 6.14. The molecule has 1 aromatic rings. The molecule has 0 bridgehead atoms. The SMILES string of the molecule is Cc1cscc1C1(CC(=O)O)CC1. The molecule has 0 radical (unpaired) electrons. The van der Waals surface area contributed by atoms with Gasteiger partial charge in [0.15, 0.2) is 0 Å². The van der Waals surface area contributed by atoms with E-state index in [9.17, 15) is 4.79 Å². The molecule has 2 nitrogen and oxygen atoms in total. The Morgan fingerprint density at radius 2 is 2.31 bits per heavy atom. The highest BCUT2D eigenvalue weighted by Crippen LogP contribution is 2.52. The van der Waals surface area contributed by atoms with Gasteiger partial charge < -0.3 is 5.11 Å². The van der Waals surface area contributed by atoms with Crippen molar-refractivity contribution in [2.45, 2.75) is 31.6 Å². The summed E-state index contributed by atoms with van der Waals surface area (Å²) >= 11 is 1.67. The van der Waals surface area contributed by atoms with Crippen LogP contribution in [0.25, 0.3) is 0 Å². The van der Waals surface area contributed by atoms with Crippen LogP contribution in [0, 0.1) is 6.92 Å². The van der Waals surface area contributed by atoms with Crippen molar-refractivity contribution >= 4 is 17.3 Å². The van der Waals surface area contributed by atoms with Gasteiger partial charge >= 0.3 is 5.97 Å². The first-order valence-electron chi connectivity index (χ1n) is 4.39. The Bertz CT molecular complexity index is 336. The molecule has 1 aliphatic rings. The van der Waals surface area contributed by atoms with Gasteiger partial charge in [-0.05, 0) is 41.7 Å². The Labute approximate surface area is 81.2 Å². The van der Waals surface area contributed by atoms with E-state index in [1.807, 2.05) is 0 Å². The van der Waals surface area contributed by atoms with Crippen LogP contribution in [-0.4, -0.2) is 11.1 Å². The summed E-state index contributed by atoms with van der Waals surface area (Å²) in [6, 6.07) is 0. The van der Waals surface area contributed by atoms with E-state index in [2.05, 4.69) is 17.7 Å². The van der Waals surface area contributed by atoms with E-state index in [0.717, 1.165) is 12.8 Å². The highest BCUT2D eigenvalue weighted by molar-refractivity contribution is 7.08. The lowest BCUT2D eigenvalue weighted by Gasteiger charge is -2.11. The smallest absolute Gasteiger partial charge is 0.304 e. The third kappa shape index (κ3) is 1.48. The minimum absolute atomic E-state index is 0.00405. The average Bonchev–Trinajstić information content (AvgIpc) is 2.65. The summed E-state index contributed by atoms with van der Waals surface area (Å²) in [4.78, 5) is 10.7. The molecule has 0 atom stereocenters. The summed E-state index contributed by atoms with van der Waals surface area (Å²) in [5.74, 6) is -0.678. The third-order valence-corrected chi connectivity index (χ3v) is 3.63. The Hall–Kier alpha value is -0.830. The molecule has 70 valence electrons. The zero-order valence-corrected chi connectivity index (χ0v) is 8.36. The number of aryl methyl sites for hydroxylation is 1. The molecule has 0 aromatic carbocycles. The molecule has 0 unspecified atom stereocenters. The molecule has 3 heteroatoms. The van der Waals surface area contributed by atoms with Crippen molar-refractivity contribution < 1.29 is 9.90 Å². The van der Waals surface area contributed by atoms with Crippen LogP contribution >= 0.6 is 11.3 Å². The first-order valence-corrected chi connectivity index (χ1v) is 5.33. The maximum atomic E-state index is 10.7. The summed E-state index contributed by atoms with van der Waals surface area (Å²) in [6.45, 7) is 2.06. The van der Waals surface area contributed by atoms with Gasteiger partial charge in [0.25, 0.3) is 0 Å². The molecule has 0 aliphatic heterocycles. The second kappa shape index (κ2) is 2.84. The first kappa shape index (κ1) is 8.75. The van der Waals surface area contributed by atoms with Crippen molar-refractivity contribution in [1.82, 2.24) is 0 Å². The van der Waals surface area contributed by atoms with E-state index >= 15 is 0 Å². The van der Waals surface area contributed by atoms with Gasteiger partial charge in [0.1, 0.15) is 0 Å². The summed E-state index contributed by atoms with van der Waals surface area (Å²) < 4.78 is 0. The van der Waals surface area contributed by atoms with E-state index in [1.165, 1.54) is 11.1 Å². The molecule has 13 heavy (non-hydrogen) atoms. The van der Waals surface area contributed by atoms with E-state index in [-0.39, 0.29) is 5.41 Å². The molecule has 0 amide bonds. The second-order valence-corrected chi connectivity index (χ2v) is 4.56. The normalized spacial score (nSPS) is 18.5. The van der Waals surface area contributed by atoms with Gasteiger partial charge in [-0.1, -0.05) is 0 Å². The topological polar surface area (TPSA) is 37.3 Å². The van der Waals surface area contributed by atoms with Crippen molar-refractivity contribution in [1.29, 1.82) is 0 Å². The highest BCUT2D eigenvalue weighted by Gasteiger charge is 2.46. The van der Waals surface area contributed by atoms with Crippen LogP contribution in [0.2, 0.25) is 0 Å². The Morgan fingerprint density at radius 1 is 1.62 bits per heavy atom. The maximum Gasteiger partial charge on any atom is 0.304 e. The van der Waals surface area contributed by atoms with Crippen LogP contribution in [-0.2, 0) is 10.2 Å². The van der Waals surface area contributed by atoms with Gasteiger partial charge in [0.05, 0.1) is 6.42 Å². The molecule has 0 spiro atoms. The fourth-order valence-corrected chi connectivity index (χ4v) is 2.86. The maximum absolute atomic E-state index is 10.7. The van der Waals surface area contributed by atoms with Gasteiger partial charge in [0.2, 0.25) is 0 Å². The van der Waals surface area contributed by atoms with Crippen molar-refractivity contribution in [2.75, 3.05) is 0 Å². The molecular formula is C10H12O2S. The van der Waals surface area contributed by atoms with Gasteiger partial charge in [-0.2, -0.15) is 11.3 Å². The molecule has 1 fully saturated rings. The standard InChI is InChI=1S/C10H12O2S/c1-7-5-13-6-8(7)10(2-3-10)4-9(11)12/h5-6H,2-4H2,1H3,(H,11,12). The van der Waals surface area contributed by atoms with Gasteiger partial charge in [-0.15, -0.1) is 0 Å². The third-order valence-electron chi connectivity index (χ3n) is 2.77. The fourth-order valence-electron chi connectivity index (χ4n) is 1.89. The number of rotatable bonds is 3. The number of hydrogen-bond donors (Lipinski definition) is 1. The van der Waals surface area contributed by atoms with Gasteiger partial charge in [-0.3, -0.25) is 4.79 Å². The van der Waals surface area contributed by atoms with Crippen LogP contribution in [0.1, 0.15) is 30.4 Å². The van der Waals surface area contributed by atoms with E-state index in [4.69, 9.17) is 5.11 Å². The number of carbonyl (C=O) groups is 1. The number of carboxylic acid groups (broad SMARTS) is 1. The molecule has 2 rings (SSSR count). The van der Waals surface area contributed by atoms with Crippen molar-refractivity contribution in [2.24, 2.45) is 0 Å². The minimum Gasteiger partial charge on any atom is -0.481 e. The number of hydrogen-bond acceptors (Lipinski definition) is 2. The van der Waals surface area contributed by atoms with E-state index in [1.54, 1.807) is 11.3 Å².